The smallest absolute Gasteiger partial charge is 0.232 e. The first-order valence-electron chi connectivity index (χ1n) is 5.41. The molecule has 1 aliphatic carbocycles. The highest BCUT2D eigenvalue weighted by Gasteiger charge is 2.26. The number of aromatic nitrogens is 2. The summed E-state index contributed by atoms with van der Waals surface area (Å²) in [7, 11) is 0. The number of hydrogen-bond acceptors (Lipinski definition) is 3. The molecule has 0 N–H and O–H groups in total. The van der Waals surface area contributed by atoms with Crippen LogP contribution in [0.3, 0.4) is 0 Å². The molecule has 0 unspecified atom stereocenters. The van der Waals surface area contributed by atoms with Crippen molar-refractivity contribution in [2.45, 2.75) is 57.8 Å². The zero-order valence-corrected chi connectivity index (χ0v) is 9.21. The molecule has 0 saturated heterocycles. The van der Waals surface area contributed by atoms with E-state index in [1.54, 1.807) is 0 Å². The maximum Gasteiger partial charge on any atom is 0.232 e. The summed E-state index contributed by atoms with van der Waals surface area (Å²) in [6.45, 7) is 6.29. The Morgan fingerprint density at radius 3 is 2.36 bits per heavy atom. The Morgan fingerprint density at radius 2 is 1.86 bits per heavy atom. The van der Waals surface area contributed by atoms with Crippen molar-refractivity contribution in [1.82, 2.24) is 10.1 Å². The Morgan fingerprint density at radius 1 is 1.21 bits per heavy atom. The van der Waals surface area contributed by atoms with Crippen LogP contribution in [0.25, 0.3) is 0 Å². The minimum atomic E-state index is -0.0240. The van der Waals surface area contributed by atoms with Crippen molar-refractivity contribution in [1.29, 1.82) is 0 Å². The summed E-state index contributed by atoms with van der Waals surface area (Å²) in [5, 5.41) is 4.08. The van der Waals surface area contributed by atoms with Gasteiger partial charge in [-0.2, -0.15) is 4.98 Å². The molecule has 0 amide bonds. The second-order valence-electron chi connectivity index (χ2n) is 5.19. The lowest BCUT2D eigenvalue weighted by molar-refractivity contribution is 0.317. The van der Waals surface area contributed by atoms with E-state index in [2.05, 4.69) is 30.9 Å². The molecule has 0 spiro atoms. The highest BCUT2D eigenvalue weighted by Crippen LogP contribution is 2.33. The molecule has 0 radical (unpaired) electrons. The molecule has 3 nitrogen and oxygen atoms in total. The van der Waals surface area contributed by atoms with E-state index in [0.717, 1.165) is 11.7 Å². The molecule has 1 aliphatic rings. The number of nitrogens with zero attached hydrogens (tertiary/aromatic N) is 2. The van der Waals surface area contributed by atoms with Gasteiger partial charge in [0.25, 0.3) is 0 Å². The van der Waals surface area contributed by atoms with Crippen LogP contribution in [0.4, 0.5) is 0 Å². The highest BCUT2D eigenvalue weighted by atomic mass is 16.5. The topological polar surface area (TPSA) is 38.9 Å². The Balaban J connectivity index is 2.17. The third kappa shape index (κ3) is 1.81. The second kappa shape index (κ2) is 3.37. The van der Waals surface area contributed by atoms with E-state index in [1.165, 1.54) is 25.7 Å². The molecule has 2 rings (SSSR count). The van der Waals surface area contributed by atoms with Crippen LogP contribution in [-0.2, 0) is 5.41 Å². The van der Waals surface area contributed by atoms with Gasteiger partial charge in [-0.15, -0.1) is 0 Å². The number of rotatable bonds is 1. The van der Waals surface area contributed by atoms with E-state index >= 15 is 0 Å². The molecule has 1 heterocycles. The van der Waals surface area contributed by atoms with Gasteiger partial charge in [-0.3, -0.25) is 0 Å². The van der Waals surface area contributed by atoms with E-state index in [0.29, 0.717) is 5.92 Å². The van der Waals surface area contributed by atoms with Gasteiger partial charge in [0.2, 0.25) is 5.89 Å². The molecule has 1 saturated carbocycles. The SMILES string of the molecule is CC(C)(C)c1nc(C2CCCC2)no1. The summed E-state index contributed by atoms with van der Waals surface area (Å²) >= 11 is 0. The molecule has 0 aromatic carbocycles. The van der Waals surface area contributed by atoms with Crippen molar-refractivity contribution >= 4 is 0 Å². The van der Waals surface area contributed by atoms with Crippen LogP contribution in [0.5, 0.6) is 0 Å². The Hall–Kier alpha value is -0.860. The van der Waals surface area contributed by atoms with Gasteiger partial charge in [0.1, 0.15) is 0 Å². The van der Waals surface area contributed by atoms with Crippen LogP contribution in [0.1, 0.15) is 64.1 Å². The first kappa shape index (κ1) is 9.69. The van der Waals surface area contributed by atoms with Crippen molar-refractivity contribution in [3.63, 3.8) is 0 Å². The van der Waals surface area contributed by atoms with Crippen molar-refractivity contribution in [3.8, 4) is 0 Å². The lowest BCUT2D eigenvalue weighted by Crippen LogP contribution is -2.11. The Kier molecular flexibility index (Phi) is 2.33. The van der Waals surface area contributed by atoms with Crippen LogP contribution in [0, 0.1) is 0 Å². The molecule has 0 atom stereocenters. The van der Waals surface area contributed by atoms with E-state index < -0.39 is 0 Å². The standard InChI is InChI=1S/C11H18N2O/c1-11(2,3)10-12-9(13-14-10)8-6-4-5-7-8/h8H,4-7H2,1-3H3. The molecular formula is C11H18N2O. The van der Waals surface area contributed by atoms with Crippen molar-refractivity contribution < 1.29 is 4.52 Å². The number of hydrogen-bond donors (Lipinski definition) is 0. The maximum atomic E-state index is 5.28. The summed E-state index contributed by atoms with van der Waals surface area (Å²) in [6, 6.07) is 0. The fraction of sp³-hybridized carbons (Fsp3) is 0.818. The normalized spacial score (nSPS) is 19.1. The average molecular weight is 194 g/mol. The van der Waals surface area contributed by atoms with Gasteiger partial charge < -0.3 is 4.52 Å². The summed E-state index contributed by atoms with van der Waals surface area (Å²) < 4.78 is 5.28. The summed E-state index contributed by atoms with van der Waals surface area (Å²) in [6.07, 6.45) is 5.07. The van der Waals surface area contributed by atoms with Crippen LogP contribution in [0.15, 0.2) is 4.52 Å². The molecule has 14 heavy (non-hydrogen) atoms. The molecule has 0 aliphatic heterocycles. The van der Waals surface area contributed by atoms with Gasteiger partial charge in [-0.05, 0) is 12.8 Å². The van der Waals surface area contributed by atoms with E-state index in [-0.39, 0.29) is 5.41 Å². The fourth-order valence-electron chi connectivity index (χ4n) is 1.89. The van der Waals surface area contributed by atoms with Crippen molar-refractivity contribution in [3.05, 3.63) is 11.7 Å². The fourth-order valence-corrected chi connectivity index (χ4v) is 1.89. The average Bonchev–Trinajstić information content (AvgIpc) is 2.73. The quantitative estimate of drug-likeness (QED) is 0.689. The van der Waals surface area contributed by atoms with Gasteiger partial charge in [-0.1, -0.05) is 38.8 Å². The first-order chi connectivity index (χ1) is 6.57. The molecule has 1 aromatic rings. The summed E-state index contributed by atoms with van der Waals surface area (Å²) in [4.78, 5) is 4.49. The monoisotopic (exact) mass is 194 g/mol. The molecule has 3 heteroatoms. The minimum Gasteiger partial charge on any atom is -0.339 e. The van der Waals surface area contributed by atoms with E-state index in [9.17, 15) is 0 Å². The Labute approximate surface area is 84.9 Å². The third-order valence-corrected chi connectivity index (χ3v) is 2.80. The van der Waals surface area contributed by atoms with Crippen LogP contribution in [0.2, 0.25) is 0 Å². The predicted octanol–water partition coefficient (Wildman–Crippen LogP) is 3.02. The van der Waals surface area contributed by atoms with Gasteiger partial charge in [0.15, 0.2) is 5.82 Å². The van der Waals surface area contributed by atoms with Gasteiger partial charge in [0, 0.05) is 11.3 Å². The lowest BCUT2D eigenvalue weighted by atomic mass is 9.97. The molecule has 1 aromatic heterocycles. The largest absolute Gasteiger partial charge is 0.339 e. The van der Waals surface area contributed by atoms with E-state index in [1.807, 2.05) is 0 Å². The zero-order valence-electron chi connectivity index (χ0n) is 9.21. The van der Waals surface area contributed by atoms with Gasteiger partial charge in [0.05, 0.1) is 0 Å². The summed E-state index contributed by atoms with van der Waals surface area (Å²) in [5.41, 5.74) is -0.0240. The Bertz CT molecular complexity index is 305. The van der Waals surface area contributed by atoms with E-state index in [4.69, 9.17) is 4.52 Å². The van der Waals surface area contributed by atoms with Gasteiger partial charge >= 0.3 is 0 Å². The van der Waals surface area contributed by atoms with Crippen LogP contribution < -0.4 is 0 Å². The van der Waals surface area contributed by atoms with Crippen molar-refractivity contribution in [2.75, 3.05) is 0 Å². The maximum absolute atomic E-state index is 5.28. The first-order valence-corrected chi connectivity index (χ1v) is 5.41. The minimum absolute atomic E-state index is 0.0240. The van der Waals surface area contributed by atoms with Gasteiger partial charge in [-0.25, -0.2) is 0 Å². The molecule has 78 valence electrons. The highest BCUT2D eigenvalue weighted by molar-refractivity contribution is 5.03. The lowest BCUT2D eigenvalue weighted by Gasteiger charge is -2.10. The zero-order chi connectivity index (χ0) is 10.2. The second-order valence-corrected chi connectivity index (χ2v) is 5.19. The van der Waals surface area contributed by atoms with Crippen LogP contribution in [-0.4, -0.2) is 10.1 Å². The predicted molar refractivity (Wildman–Crippen MR) is 54.2 cm³/mol. The summed E-state index contributed by atoms with van der Waals surface area (Å²) in [5.74, 6) is 2.24. The van der Waals surface area contributed by atoms with Crippen molar-refractivity contribution in [2.24, 2.45) is 0 Å². The molecule has 0 bridgehead atoms. The molecular weight excluding hydrogens is 176 g/mol. The van der Waals surface area contributed by atoms with Crippen LogP contribution >= 0.6 is 0 Å². The molecule has 1 fully saturated rings. The third-order valence-electron chi connectivity index (χ3n) is 2.80.